The standard InChI is InChI=1S/C18H20N4O4/c1-12(18(24)20-16-6-4-5-7-17(16)22(25)26)19-14-8-10-15(11-9-14)21(3)13(2)23/h4-12,19H,1-3H3,(H,20,24). The van der Waals surface area contributed by atoms with E-state index >= 15 is 0 Å². The van der Waals surface area contributed by atoms with Crippen molar-refractivity contribution in [1.82, 2.24) is 0 Å². The number of amides is 2. The second kappa shape index (κ2) is 8.11. The number of rotatable bonds is 6. The third-order valence-electron chi connectivity index (χ3n) is 3.86. The van der Waals surface area contributed by atoms with E-state index in [1.54, 1.807) is 44.3 Å². The fraction of sp³-hybridized carbons (Fsp3) is 0.222. The lowest BCUT2D eigenvalue weighted by Gasteiger charge is -2.18. The maximum absolute atomic E-state index is 12.3. The third kappa shape index (κ3) is 4.56. The summed E-state index contributed by atoms with van der Waals surface area (Å²) >= 11 is 0. The lowest BCUT2D eigenvalue weighted by molar-refractivity contribution is -0.383. The van der Waals surface area contributed by atoms with Crippen LogP contribution in [0.2, 0.25) is 0 Å². The van der Waals surface area contributed by atoms with E-state index in [4.69, 9.17) is 0 Å². The van der Waals surface area contributed by atoms with Crippen LogP contribution in [0.4, 0.5) is 22.7 Å². The van der Waals surface area contributed by atoms with Crippen molar-refractivity contribution in [3.8, 4) is 0 Å². The number of nitrogens with zero attached hydrogens (tertiary/aromatic N) is 2. The fourth-order valence-corrected chi connectivity index (χ4v) is 2.26. The average Bonchev–Trinajstić information content (AvgIpc) is 2.61. The molecule has 0 fully saturated rings. The Bertz CT molecular complexity index is 820. The van der Waals surface area contributed by atoms with E-state index in [1.807, 2.05) is 0 Å². The maximum Gasteiger partial charge on any atom is 0.292 e. The van der Waals surface area contributed by atoms with E-state index in [0.717, 1.165) is 5.69 Å². The summed E-state index contributed by atoms with van der Waals surface area (Å²) in [5.74, 6) is -0.479. The molecule has 2 N–H and O–H groups in total. The molecule has 8 nitrogen and oxygen atoms in total. The van der Waals surface area contributed by atoms with Crippen LogP contribution in [0.1, 0.15) is 13.8 Å². The molecule has 2 amide bonds. The van der Waals surface area contributed by atoms with Crippen molar-refractivity contribution < 1.29 is 14.5 Å². The van der Waals surface area contributed by atoms with Crippen LogP contribution >= 0.6 is 0 Å². The van der Waals surface area contributed by atoms with Gasteiger partial charge >= 0.3 is 0 Å². The van der Waals surface area contributed by atoms with Gasteiger partial charge in [0, 0.05) is 31.4 Å². The van der Waals surface area contributed by atoms with Gasteiger partial charge in [0.1, 0.15) is 11.7 Å². The van der Waals surface area contributed by atoms with E-state index in [9.17, 15) is 19.7 Å². The van der Waals surface area contributed by atoms with Gasteiger partial charge in [0.2, 0.25) is 11.8 Å². The van der Waals surface area contributed by atoms with E-state index in [1.165, 1.54) is 30.0 Å². The highest BCUT2D eigenvalue weighted by molar-refractivity contribution is 5.98. The maximum atomic E-state index is 12.3. The first-order chi connectivity index (χ1) is 12.3. The van der Waals surface area contributed by atoms with Crippen molar-refractivity contribution in [1.29, 1.82) is 0 Å². The van der Waals surface area contributed by atoms with Crippen molar-refractivity contribution in [3.05, 3.63) is 58.6 Å². The van der Waals surface area contributed by atoms with Crippen molar-refractivity contribution in [2.75, 3.05) is 22.6 Å². The van der Waals surface area contributed by atoms with Crippen molar-refractivity contribution in [3.63, 3.8) is 0 Å². The van der Waals surface area contributed by atoms with Gasteiger partial charge in [0.05, 0.1) is 4.92 Å². The Labute approximate surface area is 151 Å². The molecule has 1 atom stereocenters. The van der Waals surface area contributed by atoms with Crippen LogP contribution in [0, 0.1) is 10.1 Å². The summed E-state index contributed by atoms with van der Waals surface area (Å²) in [6, 6.07) is 12.4. The Kier molecular flexibility index (Phi) is 5.90. The lowest BCUT2D eigenvalue weighted by atomic mass is 10.2. The third-order valence-corrected chi connectivity index (χ3v) is 3.86. The molecule has 0 aliphatic heterocycles. The number of benzene rings is 2. The van der Waals surface area contributed by atoms with Crippen molar-refractivity contribution in [2.45, 2.75) is 19.9 Å². The van der Waals surface area contributed by atoms with Crippen LogP contribution in [0.15, 0.2) is 48.5 Å². The topological polar surface area (TPSA) is 105 Å². The molecule has 136 valence electrons. The molecule has 0 bridgehead atoms. The molecule has 0 heterocycles. The second-order valence-corrected chi connectivity index (χ2v) is 5.75. The van der Waals surface area contributed by atoms with Gasteiger partial charge in [-0.15, -0.1) is 0 Å². The van der Waals surface area contributed by atoms with Gasteiger partial charge in [-0.3, -0.25) is 19.7 Å². The number of para-hydroxylation sites is 2. The van der Waals surface area contributed by atoms with E-state index in [-0.39, 0.29) is 17.3 Å². The van der Waals surface area contributed by atoms with Crippen molar-refractivity contribution >= 4 is 34.6 Å². The molecule has 1 unspecified atom stereocenters. The average molecular weight is 356 g/mol. The minimum Gasteiger partial charge on any atom is -0.374 e. The number of nitrogens with one attached hydrogen (secondary N) is 2. The molecular formula is C18H20N4O4. The number of carbonyl (C=O) groups excluding carboxylic acids is 2. The summed E-state index contributed by atoms with van der Waals surface area (Å²) in [6.45, 7) is 3.13. The van der Waals surface area contributed by atoms with Gasteiger partial charge in [-0.05, 0) is 37.3 Å². The summed E-state index contributed by atoms with van der Waals surface area (Å²) in [5.41, 5.74) is 1.41. The molecular weight excluding hydrogens is 336 g/mol. The van der Waals surface area contributed by atoms with Gasteiger partial charge in [0.25, 0.3) is 5.69 Å². The van der Waals surface area contributed by atoms with Crippen LogP contribution in [0.3, 0.4) is 0 Å². The first kappa shape index (κ1) is 18.9. The summed E-state index contributed by atoms with van der Waals surface area (Å²) in [7, 11) is 1.67. The number of anilines is 3. The molecule has 2 aromatic rings. The molecule has 2 aromatic carbocycles. The molecule has 2 rings (SSSR count). The molecule has 0 aliphatic carbocycles. The normalized spacial score (nSPS) is 11.3. The summed E-state index contributed by atoms with van der Waals surface area (Å²) in [4.78, 5) is 35.6. The summed E-state index contributed by atoms with van der Waals surface area (Å²) < 4.78 is 0. The molecule has 0 saturated heterocycles. The molecule has 0 radical (unpaired) electrons. The van der Waals surface area contributed by atoms with Gasteiger partial charge in [0.15, 0.2) is 0 Å². The number of hydrogen-bond acceptors (Lipinski definition) is 5. The Balaban J connectivity index is 2.03. The minimum absolute atomic E-state index is 0.0806. The smallest absolute Gasteiger partial charge is 0.292 e. The molecule has 26 heavy (non-hydrogen) atoms. The number of hydrogen-bond donors (Lipinski definition) is 2. The molecule has 0 aliphatic rings. The largest absolute Gasteiger partial charge is 0.374 e. The van der Waals surface area contributed by atoms with Gasteiger partial charge in [-0.25, -0.2) is 0 Å². The van der Waals surface area contributed by atoms with Crippen LogP contribution in [0.5, 0.6) is 0 Å². The van der Waals surface area contributed by atoms with E-state index in [2.05, 4.69) is 10.6 Å². The quantitative estimate of drug-likeness (QED) is 0.611. The highest BCUT2D eigenvalue weighted by Crippen LogP contribution is 2.23. The van der Waals surface area contributed by atoms with E-state index < -0.39 is 16.9 Å². The predicted octanol–water partition coefficient (Wildman–Crippen LogP) is 3.02. The highest BCUT2D eigenvalue weighted by Gasteiger charge is 2.18. The zero-order valence-electron chi connectivity index (χ0n) is 14.7. The summed E-state index contributed by atoms with van der Waals surface area (Å²) in [6.07, 6.45) is 0. The fourth-order valence-electron chi connectivity index (χ4n) is 2.26. The Morgan fingerprint density at radius 2 is 1.73 bits per heavy atom. The van der Waals surface area contributed by atoms with Crippen LogP contribution in [-0.2, 0) is 9.59 Å². The minimum atomic E-state index is -0.619. The number of carbonyl (C=O) groups is 2. The van der Waals surface area contributed by atoms with Crippen LogP contribution in [0.25, 0.3) is 0 Å². The first-order valence-corrected chi connectivity index (χ1v) is 7.94. The van der Waals surface area contributed by atoms with Crippen LogP contribution < -0.4 is 15.5 Å². The predicted molar refractivity (Wildman–Crippen MR) is 100 cm³/mol. The zero-order valence-corrected chi connectivity index (χ0v) is 14.7. The van der Waals surface area contributed by atoms with Gasteiger partial charge < -0.3 is 15.5 Å². The molecule has 8 heteroatoms. The molecule has 0 spiro atoms. The van der Waals surface area contributed by atoms with Gasteiger partial charge in [-0.2, -0.15) is 0 Å². The first-order valence-electron chi connectivity index (χ1n) is 7.94. The molecule has 0 saturated carbocycles. The number of nitro groups is 1. The highest BCUT2D eigenvalue weighted by atomic mass is 16.6. The van der Waals surface area contributed by atoms with E-state index in [0.29, 0.717) is 5.69 Å². The lowest BCUT2D eigenvalue weighted by Crippen LogP contribution is -2.32. The Morgan fingerprint density at radius 3 is 2.31 bits per heavy atom. The Hall–Kier alpha value is -3.42. The zero-order chi connectivity index (χ0) is 19.3. The monoisotopic (exact) mass is 356 g/mol. The Morgan fingerprint density at radius 1 is 1.12 bits per heavy atom. The number of nitro benzene ring substituents is 1. The summed E-state index contributed by atoms with van der Waals surface area (Å²) in [5, 5.41) is 16.6. The van der Waals surface area contributed by atoms with Crippen molar-refractivity contribution in [2.24, 2.45) is 0 Å². The molecule has 0 aromatic heterocycles. The second-order valence-electron chi connectivity index (χ2n) is 5.75. The van der Waals surface area contributed by atoms with Gasteiger partial charge in [-0.1, -0.05) is 12.1 Å². The SMILES string of the molecule is CC(=O)N(C)c1ccc(NC(C)C(=O)Nc2ccccc2[N+](=O)[O-])cc1. The van der Waals surface area contributed by atoms with Crippen LogP contribution in [-0.4, -0.2) is 29.8 Å².